The average Bonchev–Trinajstić information content (AvgIpc) is 2.77. The van der Waals surface area contributed by atoms with E-state index in [4.69, 9.17) is 0 Å². The van der Waals surface area contributed by atoms with Gasteiger partial charge in [0.15, 0.2) is 0 Å². The maximum Gasteiger partial charge on any atom is 0.0381 e. The lowest BCUT2D eigenvalue weighted by atomic mass is 10.1. The van der Waals surface area contributed by atoms with Crippen LogP contribution in [0.15, 0.2) is 24.3 Å². The van der Waals surface area contributed by atoms with Crippen molar-refractivity contribution in [1.82, 2.24) is 0 Å². The summed E-state index contributed by atoms with van der Waals surface area (Å²) in [5.74, 6) is 0.935. The van der Waals surface area contributed by atoms with Crippen molar-refractivity contribution in [2.45, 2.75) is 38.6 Å². The third-order valence-electron chi connectivity index (χ3n) is 3.85. The van der Waals surface area contributed by atoms with Crippen molar-refractivity contribution >= 4 is 11.4 Å². The van der Waals surface area contributed by atoms with Crippen LogP contribution in [0.2, 0.25) is 0 Å². The normalized spacial score (nSPS) is 23.7. The zero-order valence-corrected chi connectivity index (χ0v) is 11.2. The summed E-state index contributed by atoms with van der Waals surface area (Å²) in [4.78, 5) is 2.15. The predicted octanol–water partition coefficient (Wildman–Crippen LogP) is 3.74. The van der Waals surface area contributed by atoms with Crippen molar-refractivity contribution in [2.24, 2.45) is 5.92 Å². The first-order valence-electron chi connectivity index (χ1n) is 6.73. The van der Waals surface area contributed by atoms with Crippen LogP contribution in [0.4, 0.5) is 11.4 Å². The van der Waals surface area contributed by atoms with Crippen molar-refractivity contribution in [2.75, 3.05) is 24.3 Å². The Morgan fingerprint density at radius 2 is 2.12 bits per heavy atom. The van der Waals surface area contributed by atoms with Crippen molar-refractivity contribution in [3.05, 3.63) is 24.3 Å². The van der Waals surface area contributed by atoms with Crippen LogP contribution in [-0.2, 0) is 0 Å². The molecule has 0 bridgehead atoms. The van der Waals surface area contributed by atoms with Gasteiger partial charge in [-0.05, 0) is 43.4 Å². The lowest BCUT2D eigenvalue weighted by molar-refractivity contribution is 0.525. The number of rotatable bonds is 4. The molecule has 0 spiro atoms. The largest absolute Gasteiger partial charge is 0.382 e. The van der Waals surface area contributed by atoms with Crippen molar-refractivity contribution in [3.63, 3.8) is 0 Å². The number of hydrogen-bond donors (Lipinski definition) is 1. The highest BCUT2D eigenvalue weighted by Crippen LogP contribution is 2.30. The monoisotopic (exact) mass is 232 g/mol. The Morgan fingerprint density at radius 1 is 1.29 bits per heavy atom. The van der Waals surface area contributed by atoms with Crippen molar-refractivity contribution in [3.8, 4) is 0 Å². The van der Waals surface area contributed by atoms with Gasteiger partial charge in [-0.3, -0.25) is 0 Å². The molecule has 0 radical (unpaired) electrons. The van der Waals surface area contributed by atoms with Gasteiger partial charge in [0.25, 0.3) is 0 Å². The van der Waals surface area contributed by atoms with E-state index in [-0.39, 0.29) is 0 Å². The van der Waals surface area contributed by atoms with Gasteiger partial charge in [0.2, 0.25) is 0 Å². The molecule has 2 atom stereocenters. The molecule has 94 valence electrons. The van der Waals surface area contributed by atoms with Crippen LogP contribution in [0.1, 0.15) is 32.6 Å². The fourth-order valence-corrected chi connectivity index (χ4v) is 2.69. The van der Waals surface area contributed by atoms with Crippen molar-refractivity contribution < 1.29 is 0 Å². The summed E-state index contributed by atoms with van der Waals surface area (Å²) in [6.45, 7) is 2.31. The van der Waals surface area contributed by atoms with Gasteiger partial charge in [-0.15, -0.1) is 0 Å². The molecule has 0 amide bonds. The minimum absolute atomic E-state index is 0.678. The molecule has 1 saturated carbocycles. The highest BCUT2D eigenvalue weighted by molar-refractivity contribution is 5.57. The fourth-order valence-electron chi connectivity index (χ4n) is 2.69. The van der Waals surface area contributed by atoms with Gasteiger partial charge in [-0.2, -0.15) is 0 Å². The molecule has 1 aliphatic rings. The van der Waals surface area contributed by atoms with Crippen LogP contribution in [0.3, 0.4) is 0 Å². The SMILES string of the molecule is CCC1CCC(Nc2cccc(N(C)C)c2)C1. The van der Waals surface area contributed by atoms with Gasteiger partial charge in [-0.1, -0.05) is 19.4 Å². The Labute approximate surface area is 105 Å². The van der Waals surface area contributed by atoms with E-state index in [9.17, 15) is 0 Å². The molecule has 17 heavy (non-hydrogen) atoms. The van der Waals surface area contributed by atoms with Gasteiger partial charge in [0.05, 0.1) is 0 Å². The van der Waals surface area contributed by atoms with Crippen LogP contribution in [0.25, 0.3) is 0 Å². The predicted molar refractivity (Wildman–Crippen MR) is 75.8 cm³/mol. The summed E-state index contributed by atoms with van der Waals surface area (Å²) in [5, 5.41) is 3.67. The second-order valence-electron chi connectivity index (χ2n) is 5.37. The zero-order chi connectivity index (χ0) is 12.3. The highest BCUT2D eigenvalue weighted by atomic mass is 15.1. The lowest BCUT2D eigenvalue weighted by Gasteiger charge is -2.17. The number of benzene rings is 1. The highest BCUT2D eigenvalue weighted by Gasteiger charge is 2.22. The van der Waals surface area contributed by atoms with Gasteiger partial charge >= 0.3 is 0 Å². The van der Waals surface area contributed by atoms with E-state index in [1.807, 2.05) is 0 Å². The Balaban J connectivity index is 1.97. The molecule has 0 aromatic heterocycles. The van der Waals surface area contributed by atoms with Gasteiger partial charge in [0.1, 0.15) is 0 Å². The summed E-state index contributed by atoms with van der Waals surface area (Å²) in [6.07, 6.45) is 5.38. The Bertz CT molecular complexity index is 360. The van der Waals surface area contributed by atoms with Crippen LogP contribution >= 0.6 is 0 Å². The molecular weight excluding hydrogens is 208 g/mol. The van der Waals surface area contributed by atoms with E-state index < -0.39 is 0 Å². The van der Waals surface area contributed by atoms with E-state index in [1.54, 1.807) is 0 Å². The van der Waals surface area contributed by atoms with Crippen molar-refractivity contribution in [1.29, 1.82) is 0 Å². The quantitative estimate of drug-likeness (QED) is 0.850. The molecule has 0 heterocycles. The first kappa shape index (κ1) is 12.3. The molecular formula is C15H24N2. The van der Waals surface area contributed by atoms with Gasteiger partial charge in [-0.25, -0.2) is 0 Å². The number of hydrogen-bond acceptors (Lipinski definition) is 2. The maximum atomic E-state index is 3.67. The molecule has 1 aromatic rings. The van der Waals surface area contributed by atoms with E-state index in [0.717, 1.165) is 5.92 Å². The van der Waals surface area contributed by atoms with Crippen LogP contribution in [-0.4, -0.2) is 20.1 Å². The second kappa shape index (κ2) is 5.44. The Hall–Kier alpha value is -1.18. The number of anilines is 2. The standard InChI is InChI=1S/C15H24N2/c1-4-12-8-9-14(10-12)16-13-6-5-7-15(11-13)17(2)3/h5-7,11-12,14,16H,4,8-10H2,1-3H3. The molecule has 2 nitrogen and oxygen atoms in total. The molecule has 1 N–H and O–H groups in total. The molecule has 2 unspecified atom stereocenters. The maximum absolute atomic E-state index is 3.67. The van der Waals surface area contributed by atoms with Crippen LogP contribution in [0.5, 0.6) is 0 Å². The summed E-state index contributed by atoms with van der Waals surface area (Å²) >= 11 is 0. The van der Waals surface area contributed by atoms with Gasteiger partial charge in [0, 0.05) is 31.5 Å². The zero-order valence-electron chi connectivity index (χ0n) is 11.2. The average molecular weight is 232 g/mol. The van der Waals surface area contributed by atoms with Crippen LogP contribution in [0, 0.1) is 5.92 Å². The summed E-state index contributed by atoms with van der Waals surface area (Å²) in [6, 6.07) is 9.36. The molecule has 2 rings (SSSR count). The minimum atomic E-state index is 0.678. The molecule has 1 aliphatic carbocycles. The van der Waals surface area contributed by atoms with Crippen LogP contribution < -0.4 is 10.2 Å². The topological polar surface area (TPSA) is 15.3 Å². The lowest BCUT2D eigenvalue weighted by Crippen LogP contribution is -2.16. The van der Waals surface area contributed by atoms with Gasteiger partial charge < -0.3 is 10.2 Å². The number of nitrogens with one attached hydrogen (secondary N) is 1. The molecule has 1 aromatic carbocycles. The van der Waals surface area contributed by atoms with E-state index >= 15 is 0 Å². The third-order valence-corrected chi connectivity index (χ3v) is 3.85. The Kier molecular flexibility index (Phi) is 3.93. The minimum Gasteiger partial charge on any atom is -0.382 e. The second-order valence-corrected chi connectivity index (χ2v) is 5.37. The molecule has 2 heteroatoms. The van der Waals surface area contributed by atoms with E-state index in [0.29, 0.717) is 6.04 Å². The smallest absolute Gasteiger partial charge is 0.0381 e. The molecule has 0 aliphatic heterocycles. The first-order chi connectivity index (χ1) is 8.19. The summed E-state index contributed by atoms with van der Waals surface area (Å²) in [7, 11) is 4.17. The molecule has 1 fully saturated rings. The fraction of sp³-hybridized carbons (Fsp3) is 0.600. The van der Waals surface area contributed by atoms with E-state index in [2.05, 4.69) is 55.5 Å². The molecule has 0 saturated heterocycles. The first-order valence-corrected chi connectivity index (χ1v) is 6.73. The Morgan fingerprint density at radius 3 is 2.76 bits per heavy atom. The summed E-state index contributed by atoms with van der Waals surface area (Å²) in [5.41, 5.74) is 2.53. The van der Waals surface area contributed by atoms with E-state index in [1.165, 1.54) is 37.1 Å². The number of nitrogens with zero attached hydrogens (tertiary/aromatic N) is 1. The summed E-state index contributed by atoms with van der Waals surface area (Å²) < 4.78 is 0. The third kappa shape index (κ3) is 3.15.